The molecule has 0 fully saturated rings. The monoisotopic (exact) mass is 479 g/mol. The molecule has 32 heavy (non-hydrogen) atoms. The number of hydrogen-bond donors (Lipinski definition) is 2. The standard InChI is InChI=1S/C25H55N2O4P/c1-5-6-7-8-9-10-11-12-13-14-15-16-17-18-19-20-21-26-22-24-30-32(28,29)31-25-23-27(2,3)4/h26H,5-25H2,1-4H3/p+1. The van der Waals surface area contributed by atoms with Crippen molar-refractivity contribution in [2.24, 2.45) is 0 Å². The van der Waals surface area contributed by atoms with Crippen LogP contribution in [0.15, 0.2) is 0 Å². The van der Waals surface area contributed by atoms with Crippen molar-refractivity contribution in [3.63, 3.8) is 0 Å². The minimum atomic E-state index is -3.92. The van der Waals surface area contributed by atoms with E-state index in [9.17, 15) is 9.46 Å². The lowest BCUT2D eigenvalue weighted by molar-refractivity contribution is -0.870. The van der Waals surface area contributed by atoms with E-state index in [4.69, 9.17) is 9.05 Å². The van der Waals surface area contributed by atoms with E-state index < -0.39 is 7.82 Å². The van der Waals surface area contributed by atoms with Gasteiger partial charge >= 0.3 is 7.82 Å². The van der Waals surface area contributed by atoms with Crippen molar-refractivity contribution < 1.29 is 23.0 Å². The number of rotatable bonds is 25. The lowest BCUT2D eigenvalue weighted by Crippen LogP contribution is -2.37. The Balaban J connectivity index is 3.24. The molecule has 0 aromatic carbocycles. The molecule has 6 nitrogen and oxygen atoms in total. The van der Waals surface area contributed by atoms with Gasteiger partial charge < -0.3 is 14.7 Å². The molecular weight excluding hydrogens is 423 g/mol. The fraction of sp³-hybridized carbons (Fsp3) is 1.00. The number of unbranched alkanes of at least 4 members (excludes halogenated alkanes) is 15. The number of hydrogen-bond acceptors (Lipinski definition) is 4. The highest BCUT2D eigenvalue weighted by Gasteiger charge is 2.21. The van der Waals surface area contributed by atoms with Gasteiger partial charge in [0.05, 0.1) is 27.7 Å². The van der Waals surface area contributed by atoms with Gasteiger partial charge in [-0.15, -0.1) is 0 Å². The van der Waals surface area contributed by atoms with Gasteiger partial charge in [-0.1, -0.05) is 103 Å². The Kier molecular flexibility index (Phi) is 21.6. The molecule has 0 amide bonds. The number of quaternary nitrogens is 1. The molecule has 0 radical (unpaired) electrons. The van der Waals surface area contributed by atoms with Gasteiger partial charge in [0, 0.05) is 6.54 Å². The van der Waals surface area contributed by atoms with E-state index in [0.29, 0.717) is 17.6 Å². The maximum absolute atomic E-state index is 11.8. The van der Waals surface area contributed by atoms with Crippen LogP contribution in [0.25, 0.3) is 0 Å². The smallest absolute Gasteiger partial charge is 0.329 e. The second-order valence-corrected chi connectivity index (χ2v) is 11.7. The SMILES string of the molecule is CCCCCCCCCCCCCCCCCCNCCOP(=O)(O)OCC[N+](C)(C)C. The fourth-order valence-electron chi connectivity index (χ4n) is 3.62. The molecule has 0 aromatic heterocycles. The highest BCUT2D eigenvalue weighted by molar-refractivity contribution is 7.47. The molecule has 194 valence electrons. The Bertz CT molecular complexity index is 444. The van der Waals surface area contributed by atoms with Gasteiger partial charge in [0.15, 0.2) is 0 Å². The highest BCUT2D eigenvalue weighted by atomic mass is 31.2. The molecule has 0 spiro atoms. The second-order valence-electron chi connectivity index (χ2n) is 10.2. The number of phosphoric ester groups is 1. The van der Waals surface area contributed by atoms with Crippen molar-refractivity contribution in [2.45, 2.75) is 110 Å². The normalized spacial score (nSPS) is 14.0. The molecule has 0 saturated heterocycles. The average molecular weight is 480 g/mol. The summed E-state index contributed by atoms with van der Waals surface area (Å²) in [5.74, 6) is 0. The zero-order chi connectivity index (χ0) is 24.0. The first-order valence-electron chi connectivity index (χ1n) is 13.4. The van der Waals surface area contributed by atoms with Crippen LogP contribution in [0.3, 0.4) is 0 Å². The summed E-state index contributed by atoms with van der Waals surface area (Å²) in [6.07, 6.45) is 22.0. The third-order valence-corrected chi connectivity index (χ3v) is 6.77. The summed E-state index contributed by atoms with van der Waals surface area (Å²) >= 11 is 0. The van der Waals surface area contributed by atoms with Crippen LogP contribution in [0.2, 0.25) is 0 Å². The van der Waals surface area contributed by atoms with E-state index in [1.807, 2.05) is 21.1 Å². The summed E-state index contributed by atoms with van der Waals surface area (Å²) in [6, 6.07) is 0. The van der Waals surface area contributed by atoms with Crippen LogP contribution in [-0.4, -0.2) is 63.4 Å². The lowest BCUT2D eigenvalue weighted by Gasteiger charge is -2.24. The van der Waals surface area contributed by atoms with E-state index in [-0.39, 0.29) is 13.2 Å². The van der Waals surface area contributed by atoms with Crippen LogP contribution in [0, 0.1) is 0 Å². The Hall–Kier alpha value is 0.0300. The Morgan fingerprint density at radius 1 is 0.656 bits per heavy atom. The quantitative estimate of drug-likeness (QED) is 0.0869. The second kappa shape index (κ2) is 21.6. The van der Waals surface area contributed by atoms with E-state index in [2.05, 4.69) is 12.2 Å². The zero-order valence-electron chi connectivity index (χ0n) is 21.9. The van der Waals surface area contributed by atoms with Crippen molar-refractivity contribution in [1.29, 1.82) is 0 Å². The zero-order valence-corrected chi connectivity index (χ0v) is 22.8. The molecular formula is C25H56N2O4P+. The van der Waals surface area contributed by atoms with Gasteiger partial charge in [0.2, 0.25) is 0 Å². The van der Waals surface area contributed by atoms with Gasteiger partial charge in [-0.2, -0.15) is 0 Å². The van der Waals surface area contributed by atoms with Crippen molar-refractivity contribution in [2.75, 3.05) is 54.0 Å². The van der Waals surface area contributed by atoms with E-state index >= 15 is 0 Å². The van der Waals surface area contributed by atoms with E-state index in [0.717, 1.165) is 13.0 Å². The van der Waals surface area contributed by atoms with Gasteiger partial charge in [0.1, 0.15) is 13.2 Å². The Morgan fingerprint density at radius 2 is 1.06 bits per heavy atom. The predicted octanol–water partition coefficient (Wildman–Crippen LogP) is 6.68. The molecule has 2 N–H and O–H groups in total. The molecule has 0 aliphatic heterocycles. The maximum Gasteiger partial charge on any atom is 0.472 e. The molecule has 1 unspecified atom stereocenters. The van der Waals surface area contributed by atoms with Crippen LogP contribution in [0.4, 0.5) is 0 Å². The first-order chi connectivity index (χ1) is 15.3. The van der Waals surface area contributed by atoms with Crippen LogP contribution in [0.1, 0.15) is 110 Å². The molecule has 1 atom stereocenters. The van der Waals surface area contributed by atoms with Crippen LogP contribution >= 0.6 is 7.82 Å². The van der Waals surface area contributed by atoms with Crippen LogP contribution < -0.4 is 5.32 Å². The summed E-state index contributed by atoms with van der Waals surface area (Å²) in [4.78, 5) is 9.64. The van der Waals surface area contributed by atoms with Crippen molar-refractivity contribution in [3.05, 3.63) is 0 Å². The largest absolute Gasteiger partial charge is 0.472 e. The number of phosphoric acid groups is 1. The highest BCUT2D eigenvalue weighted by Crippen LogP contribution is 2.42. The molecule has 0 saturated carbocycles. The molecule has 0 bridgehead atoms. The Morgan fingerprint density at radius 3 is 1.50 bits per heavy atom. The minimum absolute atomic E-state index is 0.191. The van der Waals surface area contributed by atoms with Gasteiger partial charge in [-0.25, -0.2) is 4.57 Å². The van der Waals surface area contributed by atoms with Gasteiger partial charge in [-0.3, -0.25) is 9.05 Å². The fourth-order valence-corrected chi connectivity index (χ4v) is 4.33. The van der Waals surface area contributed by atoms with Crippen molar-refractivity contribution in [1.82, 2.24) is 5.32 Å². The van der Waals surface area contributed by atoms with E-state index in [1.54, 1.807) is 0 Å². The van der Waals surface area contributed by atoms with Crippen molar-refractivity contribution >= 4 is 7.82 Å². The summed E-state index contributed by atoms with van der Waals surface area (Å²) in [7, 11) is 2.10. The third kappa shape index (κ3) is 26.3. The van der Waals surface area contributed by atoms with Gasteiger partial charge in [-0.05, 0) is 13.0 Å². The summed E-state index contributed by atoms with van der Waals surface area (Å²) in [6.45, 7) is 4.84. The first-order valence-corrected chi connectivity index (χ1v) is 14.9. The molecule has 0 rings (SSSR count). The first kappa shape index (κ1) is 32.0. The van der Waals surface area contributed by atoms with Crippen LogP contribution in [0.5, 0.6) is 0 Å². The molecule has 0 aliphatic carbocycles. The molecule has 0 aliphatic rings. The average Bonchev–Trinajstić information content (AvgIpc) is 2.71. The van der Waals surface area contributed by atoms with E-state index in [1.165, 1.54) is 96.3 Å². The van der Waals surface area contributed by atoms with Crippen LogP contribution in [-0.2, 0) is 13.6 Å². The maximum atomic E-state index is 11.8. The predicted molar refractivity (Wildman–Crippen MR) is 137 cm³/mol. The summed E-state index contributed by atoms with van der Waals surface area (Å²) in [5, 5.41) is 3.27. The topological polar surface area (TPSA) is 67.8 Å². The Labute approximate surface area is 200 Å². The molecule has 7 heteroatoms. The summed E-state index contributed by atoms with van der Waals surface area (Å²) < 4.78 is 22.4. The third-order valence-electron chi connectivity index (χ3n) is 5.76. The molecule has 0 aromatic rings. The number of likely N-dealkylation sites (N-methyl/N-ethyl adjacent to an activating group) is 1. The lowest BCUT2D eigenvalue weighted by atomic mass is 10.0. The van der Waals surface area contributed by atoms with Gasteiger partial charge in [0.25, 0.3) is 0 Å². The van der Waals surface area contributed by atoms with Crippen molar-refractivity contribution in [3.8, 4) is 0 Å². The molecule has 0 heterocycles. The number of nitrogens with one attached hydrogen (secondary N) is 1. The summed E-state index contributed by atoms with van der Waals surface area (Å²) in [5.41, 5.74) is 0. The minimum Gasteiger partial charge on any atom is -0.329 e. The number of nitrogens with zero attached hydrogens (tertiary/aromatic N) is 1.